The second-order valence-corrected chi connectivity index (χ2v) is 9.92. The molecular weight excluding hydrogens is 408 g/mol. The number of hydrogen-bond donors (Lipinski definition) is 0. The molecule has 162 valence electrons. The standard InChI is InChI=1S/C34H26/c1-21-13-29-15-25-5-3-7-27(25)17-31(29)19-33(21)23-9-11-24(12-10-23)34-20-32-18-28-8-4-6-26(28)16-30(32)14-22(34)2/h3-6,9-20H,7-8H2,1-2H3. The number of hydrogen-bond acceptors (Lipinski definition) is 0. The van der Waals surface area contributed by atoms with Crippen molar-refractivity contribution in [2.24, 2.45) is 0 Å². The van der Waals surface area contributed by atoms with E-state index in [4.69, 9.17) is 0 Å². The summed E-state index contributed by atoms with van der Waals surface area (Å²) in [6.07, 6.45) is 11.1. The Balaban J connectivity index is 1.28. The van der Waals surface area contributed by atoms with Gasteiger partial charge in [0.25, 0.3) is 0 Å². The van der Waals surface area contributed by atoms with Crippen LogP contribution in [0.3, 0.4) is 0 Å². The van der Waals surface area contributed by atoms with E-state index in [9.17, 15) is 0 Å². The Morgan fingerprint density at radius 1 is 0.471 bits per heavy atom. The van der Waals surface area contributed by atoms with Gasteiger partial charge in [-0.2, -0.15) is 0 Å². The van der Waals surface area contributed by atoms with E-state index >= 15 is 0 Å². The van der Waals surface area contributed by atoms with Gasteiger partial charge in [-0.1, -0.05) is 72.8 Å². The van der Waals surface area contributed by atoms with E-state index in [1.54, 1.807) is 0 Å². The highest BCUT2D eigenvalue weighted by molar-refractivity contribution is 5.94. The molecule has 0 aromatic heterocycles. The molecule has 5 aromatic carbocycles. The van der Waals surface area contributed by atoms with Crippen molar-refractivity contribution in [2.45, 2.75) is 26.7 Å². The van der Waals surface area contributed by atoms with E-state index in [2.05, 4.69) is 111 Å². The number of benzene rings is 5. The largest absolute Gasteiger partial charge is 0.0795 e. The highest BCUT2D eigenvalue weighted by Crippen LogP contribution is 2.35. The Morgan fingerprint density at radius 2 is 0.882 bits per heavy atom. The van der Waals surface area contributed by atoms with Crippen LogP contribution < -0.4 is 0 Å². The van der Waals surface area contributed by atoms with E-state index < -0.39 is 0 Å². The molecule has 0 heterocycles. The number of aryl methyl sites for hydroxylation is 2. The molecule has 0 N–H and O–H groups in total. The van der Waals surface area contributed by atoms with Crippen LogP contribution in [0.2, 0.25) is 0 Å². The third kappa shape index (κ3) is 3.06. The van der Waals surface area contributed by atoms with Gasteiger partial charge in [-0.05, 0) is 128 Å². The summed E-state index contributed by atoms with van der Waals surface area (Å²) in [5.74, 6) is 0. The fourth-order valence-corrected chi connectivity index (χ4v) is 5.80. The predicted octanol–water partition coefficient (Wildman–Crippen LogP) is 9.08. The van der Waals surface area contributed by atoms with Crippen molar-refractivity contribution in [3.63, 3.8) is 0 Å². The molecule has 0 bridgehead atoms. The van der Waals surface area contributed by atoms with E-state index in [1.165, 1.54) is 77.2 Å². The molecule has 0 unspecified atom stereocenters. The van der Waals surface area contributed by atoms with Crippen LogP contribution in [0.25, 0.3) is 56.0 Å². The minimum absolute atomic E-state index is 1.05. The minimum Gasteiger partial charge on any atom is -0.0795 e. The maximum atomic E-state index is 2.37. The zero-order chi connectivity index (χ0) is 22.8. The topological polar surface area (TPSA) is 0 Å². The fraction of sp³-hybridized carbons (Fsp3) is 0.118. The zero-order valence-corrected chi connectivity index (χ0v) is 19.7. The monoisotopic (exact) mass is 434 g/mol. The van der Waals surface area contributed by atoms with E-state index in [1.807, 2.05) is 0 Å². The van der Waals surface area contributed by atoms with Gasteiger partial charge in [0.15, 0.2) is 0 Å². The number of allylic oxidation sites excluding steroid dienone is 2. The molecule has 0 aliphatic heterocycles. The third-order valence-corrected chi connectivity index (χ3v) is 7.66. The first-order chi connectivity index (χ1) is 16.6. The minimum atomic E-state index is 1.05. The van der Waals surface area contributed by atoms with E-state index in [-0.39, 0.29) is 0 Å². The summed E-state index contributed by atoms with van der Waals surface area (Å²) in [5, 5.41) is 5.33. The van der Waals surface area contributed by atoms with Crippen LogP contribution in [0.15, 0.2) is 84.9 Å². The summed E-state index contributed by atoms with van der Waals surface area (Å²) in [6.45, 7) is 4.46. The molecule has 2 aliphatic rings. The van der Waals surface area contributed by atoms with Gasteiger partial charge >= 0.3 is 0 Å². The molecule has 2 aliphatic carbocycles. The van der Waals surface area contributed by atoms with Crippen molar-refractivity contribution in [3.05, 3.63) is 118 Å². The van der Waals surface area contributed by atoms with Gasteiger partial charge < -0.3 is 0 Å². The van der Waals surface area contributed by atoms with Crippen molar-refractivity contribution in [1.82, 2.24) is 0 Å². The summed E-state index contributed by atoms with van der Waals surface area (Å²) in [4.78, 5) is 0. The van der Waals surface area contributed by atoms with Crippen LogP contribution in [0.5, 0.6) is 0 Å². The first-order valence-electron chi connectivity index (χ1n) is 12.2. The number of rotatable bonds is 2. The maximum Gasteiger partial charge on any atom is -0.00880 e. The van der Waals surface area contributed by atoms with Crippen LogP contribution in [-0.2, 0) is 12.8 Å². The Kier molecular flexibility index (Phi) is 4.20. The van der Waals surface area contributed by atoms with Gasteiger partial charge in [-0.25, -0.2) is 0 Å². The van der Waals surface area contributed by atoms with Crippen LogP contribution >= 0.6 is 0 Å². The molecular formula is C34H26. The summed E-state index contributed by atoms with van der Waals surface area (Å²) < 4.78 is 0. The summed E-state index contributed by atoms with van der Waals surface area (Å²) >= 11 is 0. The van der Waals surface area contributed by atoms with Crippen LogP contribution in [0.4, 0.5) is 0 Å². The Labute approximate surface area is 200 Å². The molecule has 0 atom stereocenters. The normalized spacial score (nSPS) is 13.7. The molecule has 0 saturated heterocycles. The molecule has 7 rings (SSSR count). The molecule has 0 radical (unpaired) electrons. The second kappa shape index (κ2) is 7.30. The van der Waals surface area contributed by atoms with Gasteiger partial charge in [-0.3, -0.25) is 0 Å². The quantitative estimate of drug-likeness (QED) is 0.260. The van der Waals surface area contributed by atoms with Crippen LogP contribution in [-0.4, -0.2) is 0 Å². The van der Waals surface area contributed by atoms with Gasteiger partial charge in [0, 0.05) is 0 Å². The van der Waals surface area contributed by atoms with Crippen LogP contribution in [0, 0.1) is 13.8 Å². The van der Waals surface area contributed by atoms with Crippen molar-refractivity contribution >= 4 is 33.7 Å². The third-order valence-electron chi connectivity index (χ3n) is 7.66. The first-order valence-corrected chi connectivity index (χ1v) is 12.2. The van der Waals surface area contributed by atoms with Gasteiger partial charge in [0.2, 0.25) is 0 Å². The lowest BCUT2D eigenvalue weighted by atomic mass is 9.91. The predicted molar refractivity (Wildman–Crippen MR) is 147 cm³/mol. The lowest BCUT2D eigenvalue weighted by Gasteiger charge is -2.13. The molecule has 5 aromatic rings. The van der Waals surface area contributed by atoms with Crippen molar-refractivity contribution in [1.29, 1.82) is 0 Å². The Morgan fingerprint density at radius 3 is 1.32 bits per heavy atom. The summed E-state index contributed by atoms with van der Waals surface area (Å²) in [5.41, 5.74) is 13.5. The fourth-order valence-electron chi connectivity index (χ4n) is 5.80. The van der Waals surface area contributed by atoms with E-state index in [0.717, 1.165) is 12.8 Å². The highest BCUT2D eigenvalue weighted by Gasteiger charge is 2.12. The van der Waals surface area contributed by atoms with Gasteiger partial charge in [0.1, 0.15) is 0 Å². The molecule has 0 spiro atoms. The maximum absolute atomic E-state index is 2.37. The lowest BCUT2D eigenvalue weighted by molar-refractivity contribution is 1.32. The summed E-state index contributed by atoms with van der Waals surface area (Å²) in [7, 11) is 0. The van der Waals surface area contributed by atoms with Crippen molar-refractivity contribution in [2.75, 3.05) is 0 Å². The number of fused-ring (bicyclic) bond motifs is 4. The molecule has 0 fully saturated rings. The van der Waals surface area contributed by atoms with Crippen LogP contribution in [0.1, 0.15) is 33.4 Å². The summed E-state index contributed by atoms with van der Waals surface area (Å²) in [6, 6.07) is 28.0. The van der Waals surface area contributed by atoms with Crippen molar-refractivity contribution in [3.8, 4) is 22.3 Å². The van der Waals surface area contributed by atoms with Gasteiger partial charge in [0.05, 0.1) is 0 Å². The average Bonchev–Trinajstić information content (AvgIpc) is 3.49. The smallest absolute Gasteiger partial charge is 0.00880 e. The lowest BCUT2D eigenvalue weighted by Crippen LogP contribution is -1.90. The average molecular weight is 435 g/mol. The molecule has 0 nitrogen and oxygen atoms in total. The molecule has 34 heavy (non-hydrogen) atoms. The molecule has 0 heteroatoms. The van der Waals surface area contributed by atoms with Gasteiger partial charge in [-0.15, -0.1) is 0 Å². The Bertz CT molecular complexity index is 1560. The molecule has 0 amide bonds. The van der Waals surface area contributed by atoms with Crippen molar-refractivity contribution < 1.29 is 0 Å². The molecule has 0 saturated carbocycles. The highest BCUT2D eigenvalue weighted by atomic mass is 14.2. The zero-order valence-electron chi connectivity index (χ0n) is 19.7. The first kappa shape index (κ1) is 19.6. The SMILES string of the molecule is Cc1cc2cc3c(cc2cc1-c1ccc(-c2cc4cc5c(cc4cc2C)C=CC5)cc1)CC=C3. The van der Waals surface area contributed by atoms with E-state index in [0.29, 0.717) is 0 Å². The second-order valence-electron chi connectivity index (χ2n) is 9.92. The Hall–Kier alpha value is -3.90.